The Morgan fingerprint density at radius 1 is 1.36 bits per heavy atom. The lowest BCUT2D eigenvalue weighted by molar-refractivity contribution is -0.137. The highest BCUT2D eigenvalue weighted by Crippen LogP contribution is 2.25. The molecule has 5 nitrogen and oxygen atoms in total. The number of halogens is 2. The van der Waals surface area contributed by atoms with Crippen LogP contribution in [0.2, 0.25) is 10.0 Å². The second-order valence-electron chi connectivity index (χ2n) is 5.41. The molecule has 22 heavy (non-hydrogen) atoms. The minimum absolute atomic E-state index is 0.00325. The third kappa shape index (κ3) is 4.60. The molecule has 0 bridgehead atoms. The Bertz CT molecular complexity index is 560. The highest BCUT2D eigenvalue weighted by molar-refractivity contribution is 6.42. The average Bonchev–Trinajstić information content (AvgIpc) is 2.51. The highest BCUT2D eigenvalue weighted by atomic mass is 35.5. The zero-order valence-electron chi connectivity index (χ0n) is 12.4. The van der Waals surface area contributed by atoms with Gasteiger partial charge in [0.2, 0.25) is 11.8 Å². The Hall–Kier alpha value is -1.30. The summed E-state index contributed by atoms with van der Waals surface area (Å²) in [4.78, 5) is 25.7. The third-order valence-corrected chi connectivity index (χ3v) is 4.35. The molecule has 1 aliphatic rings. The van der Waals surface area contributed by atoms with Gasteiger partial charge in [0.15, 0.2) is 0 Å². The molecular formula is C15H19Cl2N3O2. The second kappa shape index (κ2) is 7.81. The molecule has 0 saturated carbocycles. The monoisotopic (exact) mass is 343 g/mol. The maximum absolute atomic E-state index is 12.3. The first-order valence-corrected chi connectivity index (χ1v) is 7.93. The summed E-state index contributed by atoms with van der Waals surface area (Å²) in [5.74, 6) is -0.314. The van der Waals surface area contributed by atoms with Gasteiger partial charge in [-0.15, -0.1) is 0 Å². The number of carbonyl (C=O) groups excluding carboxylic acids is 2. The highest BCUT2D eigenvalue weighted by Gasteiger charge is 2.24. The third-order valence-electron chi connectivity index (χ3n) is 3.61. The number of nitrogens with one attached hydrogen (secondary N) is 2. The van der Waals surface area contributed by atoms with Crippen LogP contribution in [0.1, 0.15) is 12.8 Å². The summed E-state index contributed by atoms with van der Waals surface area (Å²) in [6, 6.07) is 4.86. The molecule has 1 heterocycles. The van der Waals surface area contributed by atoms with Gasteiger partial charge in [0.05, 0.1) is 22.5 Å². The lowest BCUT2D eigenvalue weighted by Gasteiger charge is -2.26. The molecule has 120 valence electrons. The molecule has 1 fully saturated rings. The summed E-state index contributed by atoms with van der Waals surface area (Å²) < 4.78 is 0. The van der Waals surface area contributed by atoms with E-state index in [9.17, 15) is 9.59 Å². The fourth-order valence-electron chi connectivity index (χ4n) is 2.44. The van der Waals surface area contributed by atoms with Crippen LogP contribution in [0.15, 0.2) is 18.2 Å². The Labute approximate surface area is 139 Å². The first-order chi connectivity index (χ1) is 10.5. The number of piperidine rings is 1. The number of hydrogen-bond acceptors (Lipinski definition) is 3. The van der Waals surface area contributed by atoms with E-state index in [-0.39, 0.29) is 24.3 Å². The van der Waals surface area contributed by atoms with Crippen LogP contribution in [0.25, 0.3) is 0 Å². The summed E-state index contributed by atoms with van der Waals surface area (Å²) in [6.07, 6.45) is 1.85. The van der Waals surface area contributed by atoms with Crippen LogP contribution < -0.4 is 10.6 Å². The minimum atomic E-state index is -0.266. The van der Waals surface area contributed by atoms with E-state index >= 15 is 0 Å². The van der Waals surface area contributed by atoms with Crippen molar-refractivity contribution in [2.24, 2.45) is 5.92 Å². The minimum Gasteiger partial charge on any atom is -0.336 e. The molecule has 0 aliphatic carbocycles. The van der Waals surface area contributed by atoms with Crippen molar-refractivity contribution in [2.45, 2.75) is 12.8 Å². The van der Waals surface area contributed by atoms with Gasteiger partial charge in [0.1, 0.15) is 0 Å². The van der Waals surface area contributed by atoms with Gasteiger partial charge in [-0.3, -0.25) is 9.59 Å². The molecule has 1 aromatic rings. The van der Waals surface area contributed by atoms with Crippen LogP contribution in [-0.2, 0) is 9.59 Å². The molecule has 1 aliphatic heterocycles. The Morgan fingerprint density at radius 2 is 2.14 bits per heavy atom. The van der Waals surface area contributed by atoms with E-state index in [1.165, 1.54) is 4.90 Å². The zero-order valence-corrected chi connectivity index (χ0v) is 13.9. The summed E-state index contributed by atoms with van der Waals surface area (Å²) >= 11 is 11.7. The van der Waals surface area contributed by atoms with Crippen molar-refractivity contribution < 1.29 is 9.59 Å². The van der Waals surface area contributed by atoms with Gasteiger partial charge in [-0.2, -0.15) is 0 Å². The van der Waals surface area contributed by atoms with E-state index in [2.05, 4.69) is 10.6 Å². The molecule has 2 N–H and O–H groups in total. The number of carbonyl (C=O) groups is 2. The Morgan fingerprint density at radius 3 is 2.77 bits per heavy atom. The normalized spacial score (nSPS) is 17.9. The lowest BCUT2D eigenvalue weighted by atomic mass is 9.98. The molecule has 0 radical (unpaired) electrons. The number of nitrogens with zero attached hydrogens (tertiary/aromatic N) is 1. The van der Waals surface area contributed by atoms with Gasteiger partial charge in [0.25, 0.3) is 0 Å². The molecule has 1 saturated heterocycles. The van der Waals surface area contributed by atoms with Crippen LogP contribution in [0.5, 0.6) is 0 Å². The van der Waals surface area contributed by atoms with E-state index in [1.807, 2.05) is 0 Å². The summed E-state index contributed by atoms with van der Waals surface area (Å²) in [6.45, 7) is 1.64. The number of benzene rings is 1. The van der Waals surface area contributed by atoms with Crippen molar-refractivity contribution in [3.63, 3.8) is 0 Å². The molecule has 0 aromatic heterocycles. The van der Waals surface area contributed by atoms with Gasteiger partial charge in [-0.25, -0.2) is 0 Å². The zero-order chi connectivity index (χ0) is 16.1. The van der Waals surface area contributed by atoms with E-state index in [0.717, 1.165) is 19.4 Å². The largest absolute Gasteiger partial charge is 0.336 e. The van der Waals surface area contributed by atoms with E-state index < -0.39 is 0 Å². The van der Waals surface area contributed by atoms with Crippen molar-refractivity contribution in [1.29, 1.82) is 0 Å². The Balaban J connectivity index is 1.87. The van der Waals surface area contributed by atoms with Crippen molar-refractivity contribution in [3.05, 3.63) is 28.2 Å². The standard InChI is InChI=1S/C15H19Cl2N3O2/c1-20(15(22)10-3-2-6-18-8-10)9-14(21)19-11-4-5-12(16)13(17)7-11/h4-5,7,10,18H,2-3,6,8-9H2,1H3,(H,19,21). The number of hydrogen-bond donors (Lipinski definition) is 2. The maximum Gasteiger partial charge on any atom is 0.243 e. The van der Waals surface area contributed by atoms with Crippen LogP contribution >= 0.6 is 23.2 Å². The smallest absolute Gasteiger partial charge is 0.243 e. The van der Waals surface area contributed by atoms with Crippen molar-refractivity contribution in [2.75, 3.05) is 32.0 Å². The van der Waals surface area contributed by atoms with E-state index in [1.54, 1.807) is 25.2 Å². The summed E-state index contributed by atoms with van der Waals surface area (Å²) in [5.41, 5.74) is 0.555. The second-order valence-corrected chi connectivity index (χ2v) is 6.23. The topological polar surface area (TPSA) is 61.4 Å². The number of rotatable bonds is 4. The summed E-state index contributed by atoms with van der Waals surface area (Å²) in [5, 5.41) is 6.71. The SMILES string of the molecule is CN(CC(=O)Nc1ccc(Cl)c(Cl)c1)C(=O)C1CCCNC1. The molecule has 2 rings (SSSR count). The fraction of sp³-hybridized carbons (Fsp3) is 0.467. The average molecular weight is 344 g/mol. The fourth-order valence-corrected chi connectivity index (χ4v) is 2.74. The van der Waals surface area contributed by atoms with E-state index in [0.29, 0.717) is 22.3 Å². The van der Waals surface area contributed by atoms with Crippen LogP contribution in [0, 0.1) is 5.92 Å². The van der Waals surface area contributed by atoms with Gasteiger partial charge < -0.3 is 15.5 Å². The van der Waals surface area contributed by atoms with Crippen molar-refractivity contribution in [3.8, 4) is 0 Å². The molecule has 1 unspecified atom stereocenters. The first-order valence-electron chi connectivity index (χ1n) is 7.18. The van der Waals surface area contributed by atoms with E-state index in [4.69, 9.17) is 23.2 Å². The predicted molar refractivity (Wildman–Crippen MR) is 88.3 cm³/mol. The van der Waals surface area contributed by atoms with Gasteiger partial charge in [-0.05, 0) is 37.6 Å². The molecule has 2 amide bonds. The van der Waals surface area contributed by atoms with Gasteiger partial charge in [0, 0.05) is 19.3 Å². The lowest BCUT2D eigenvalue weighted by Crippen LogP contribution is -2.43. The maximum atomic E-state index is 12.3. The number of amides is 2. The van der Waals surface area contributed by atoms with Crippen molar-refractivity contribution >= 4 is 40.7 Å². The van der Waals surface area contributed by atoms with Crippen molar-refractivity contribution in [1.82, 2.24) is 10.2 Å². The molecule has 7 heteroatoms. The van der Waals surface area contributed by atoms with Crippen LogP contribution in [0.3, 0.4) is 0 Å². The first kappa shape index (κ1) is 17.1. The van der Waals surface area contributed by atoms with Gasteiger partial charge in [-0.1, -0.05) is 23.2 Å². The Kier molecular flexibility index (Phi) is 6.06. The molecule has 0 spiro atoms. The number of likely N-dealkylation sites (N-methyl/N-ethyl adjacent to an activating group) is 1. The molecule has 1 atom stereocenters. The van der Waals surface area contributed by atoms with Crippen LogP contribution in [-0.4, -0.2) is 43.4 Å². The molecule has 1 aromatic carbocycles. The number of anilines is 1. The van der Waals surface area contributed by atoms with Gasteiger partial charge >= 0.3 is 0 Å². The van der Waals surface area contributed by atoms with Crippen LogP contribution in [0.4, 0.5) is 5.69 Å². The predicted octanol–water partition coefficient (Wildman–Crippen LogP) is 2.39. The quantitative estimate of drug-likeness (QED) is 0.882. The summed E-state index contributed by atoms with van der Waals surface area (Å²) in [7, 11) is 1.64. The molecular weight excluding hydrogens is 325 g/mol.